The van der Waals surface area contributed by atoms with Gasteiger partial charge in [-0.2, -0.15) is 4.31 Å². The van der Waals surface area contributed by atoms with Crippen LogP contribution in [0.5, 0.6) is 5.75 Å². The third kappa shape index (κ3) is 9.02. The predicted octanol–water partition coefficient (Wildman–Crippen LogP) is 3.28. The Labute approximate surface area is 236 Å². The van der Waals surface area contributed by atoms with E-state index in [4.69, 9.17) is 14.2 Å². The van der Waals surface area contributed by atoms with E-state index in [1.807, 2.05) is 26.0 Å². The molecule has 40 heavy (non-hydrogen) atoms. The van der Waals surface area contributed by atoms with Crippen LogP contribution in [0.25, 0.3) is 0 Å². The summed E-state index contributed by atoms with van der Waals surface area (Å²) in [6.45, 7) is 5.03. The molecule has 3 rings (SSSR count). The van der Waals surface area contributed by atoms with Crippen LogP contribution in [0.3, 0.4) is 0 Å². The first-order valence-electron chi connectivity index (χ1n) is 13.5. The largest absolute Gasteiger partial charge is 0.497 e. The average molecular weight is 577 g/mol. The molecule has 1 amide bonds. The van der Waals surface area contributed by atoms with E-state index in [1.165, 1.54) is 23.5 Å². The van der Waals surface area contributed by atoms with E-state index in [1.54, 1.807) is 24.3 Å². The van der Waals surface area contributed by atoms with Crippen molar-refractivity contribution in [3.05, 3.63) is 59.7 Å². The van der Waals surface area contributed by atoms with Gasteiger partial charge >= 0.3 is 6.09 Å². The molecule has 1 fully saturated rings. The maximum Gasteiger partial charge on any atom is 0.407 e. The van der Waals surface area contributed by atoms with E-state index in [0.717, 1.165) is 11.8 Å². The number of carbonyl (C=O) groups is 2. The standard InChI is InChI=1S/C29H40N2O8S/c1-21(2)17-31(40(35,36)27-10-8-26(37-3)9-11-27)14-12-25(16-22-4-6-23(18-33)7-5-22)30-29(34)39-28-20-38-19-24(28)13-15-32/h4-11,18,21,24-25,28,32H,12-17,19-20H2,1-3H3,(H,30,34)/t24-,25-,28?/m1/s1. The lowest BCUT2D eigenvalue weighted by Gasteiger charge is -2.27. The lowest BCUT2D eigenvalue weighted by atomic mass is 10.0. The third-order valence-corrected chi connectivity index (χ3v) is 8.69. The van der Waals surface area contributed by atoms with Gasteiger partial charge in [-0.1, -0.05) is 38.1 Å². The van der Waals surface area contributed by atoms with E-state index in [-0.39, 0.29) is 36.5 Å². The van der Waals surface area contributed by atoms with E-state index >= 15 is 0 Å². The Morgan fingerprint density at radius 1 is 1.15 bits per heavy atom. The average Bonchev–Trinajstić information content (AvgIpc) is 3.37. The van der Waals surface area contributed by atoms with Gasteiger partial charge in [0.25, 0.3) is 0 Å². The molecular formula is C29H40N2O8S. The van der Waals surface area contributed by atoms with Gasteiger partial charge in [-0.15, -0.1) is 0 Å². The zero-order valence-electron chi connectivity index (χ0n) is 23.3. The quantitative estimate of drug-likeness (QED) is 0.309. The molecule has 2 N–H and O–H groups in total. The number of ether oxygens (including phenoxy) is 3. The van der Waals surface area contributed by atoms with Gasteiger partial charge in [-0.3, -0.25) is 4.79 Å². The Kier molecular flexibility index (Phi) is 11.9. The highest BCUT2D eigenvalue weighted by Gasteiger charge is 2.32. The molecule has 10 nitrogen and oxygen atoms in total. The zero-order valence-corrected chi connectivity index (χ0v) is 24.1. The van der Waals surface area contributed by atoms with Crippen LogP contribution in [0.2, 0.25) is 0 Å². The smallest absolute Gasteiger partial charge is 0.407 e. The van der Waals surface area contributed by atoms with Crippen LogP contribution in [0.4, 0.5) is 4.79 Å². The Hall–Kier alpha value is -2.99. The molecule has 0 radical (unpaired) electrons. The number of rotatable bonds is 15. The van der Waals surface area contributed by atoms with Gasteiger partial charge in [-0.25, -0.2) is 13.2 Å². The summed E-state index contributed by atoms with van der Waals surface area (Å²) in [6, 6.07) is 12.8. The number of carbonyl (C=O) groups excluding carboxylic acids is 2. The van der Waals surface area contributed by atoms with E-state index < -0.39 is 28.3 Å². The van der Waals surface area contributed by atoms with Crippen molar-refractivity contribution in [2.75, 3.05) is 40.0 Å². The second-order valence-corrected chi connectivity index (χ2v) is 12.3. The molecule has 11 heteroatoms. The maximum atomic E-state index is 13.6. The maximum absolute atomic E-state index is 13.6. The van der Waals surface area contributed by atoms with Crippen LogP contribution in [0.1, 0.15) is 42.6 Å². The van der Waals surface area contributed by atoms with Gasteiger partial charge in [-0.05, 0) is 55.0 Å². The van der Waals surface area contributed by atoms with Crippen LogP contribution in [0.15, 0.2) is 53.4 Å². The molecule has 220 valence electrons. The van der Waals surface area contributed by atoms with Crippen molar-refractivity contribution in [3.63, 3.8) is 0 Å². The number of benzene rings is 2. The van der Waals surface area contributed by atoms with Gasteiger partial charge in [0, 0.05) is 37.2 Å². The molecule has 0 bridgehead atoms. The summed E-state index contributed by atoms with van der Waals surface area (Å²) < 4.78 is 44.8. The number of hydrogen-bond donors (Lipinski definition) is 2. The minimum absolute atomic E-state index is 0.0245. The van der Waals surface area contributed by atoms with Gasteiger partial charge < -0.3 is 24.6 Å². The topological polar surface area (TPSA) is 131 Å². The van der Waals surface area contributed by atoms with Crippen molar-refractivity contribution < 1.29 is 37.3 Å². The molecule has 1 heterocycles. The number of sulfonamides is 1. The summed E-state index contributed by atoms with van der Waals surface area (Å²) in [5.41, 5.74) is 1.42. The van der Waals surface area contributed by atoms with Crippen molar-refractivity contribution in [1.82, 2.24) is 9.62 Å². The number of hydrogen-bond acceptors (Lipinski definition) is 8. The van der Waals surface area contributed by atoms with Gasteiger partial charge in [0.15, 0.2) is 0 Å². The Morgan fingerprint density at radius 3 is 2.45 bits per heavy atom. The van der Waals surface area contributed by atoms with Crippen LogP contribution in [-0.2, 0) is 25.9 Å². The molecule has 2 aromatic carbocycles. The van der Waals surface area contributed by atoms with Crippen molar-refractivity contribution in [2.24, 2.45) is 11.8 Å². The van der Waals surface area contributed by atoms with Crippen LogP contribution in [-0.4, -0.2) is 82.4 Å². The number of nitrogens with one attached hydrogen (secondary N) is 1. The van der Waals surface area contributed by atoms with E-state index in [0.29, 0.717) is 43.7 Å². The summed E-state index contributed by atoms with van der Waals surface area (Å²) in [6.07, 6.45) is 0.880. The minimum atomic E-state index is -3.80. The highest BCUT2D eigenvalue weighted by molar-refractivity contribution is 7.89. The lowest BCUT2D eigenvalue weighted by Crippen LogP contribution is -2.43. The summed E-state index contributed by atoms with van der Waals surface area (Å²) in [5.74, 6) is 0.555. The Morgan fingerprint density at radius 2 is 1.85 bits per heavy atom. The highest BCUT2D eigenvalue weighted by atomic mass is 32.2. The Balaban J connectivity index is 1.77. The molecule has 0 saturated carbocycles. The first-order chi connectivity index (χ1) is 19.2. The molecular weight excluding hydrogens is 536 g/mol. The second-order valence-electron chi connectivity index (χ2n) is 10.4. The first kappa shape index (κ1) is 31.5. The number of aliphatic hydroxyl groups is 1. The lowest BCUT2D eigenvalue weighted by molar-refractivity contribution is 0.0646. The van der Waals surface area contributed by atoms with E-state index in [9.17, 15) is 23.1 Å². The number of methoxy groups -OCH3 is 1. The first-order valence-corrected chi connectivity index (χ1v) is 14.9. The molecule has 0 aliphatic carbocycles. The van der Waals surface area contributed by atoms with Crippen molar-refractivity contribution >= 4 is 22.4 Å². The fourth-order valence-electron chi connectivity index (χ4n) is 4.64. The van der Waals surface area contributed by atoms with E-state index in [2.05, 4.69) is 5.32 Å². The number of nitrogens with zero attached hydrogens (tertiary/aromatic N) is 1. The zero-order chi connectivity index (χ0) is 29.1. The van der Waals surface area contributed by atoms with Crippen LogP contribution >= 0.6 is 0 Å². The summed E-state index contributed by atoms with van der Waals surface area (Å²) >= 11 is 0. The normalized spacial score (nSPS) is 18.1. The molecule has 1 aliphatic heterocycles. The van der Waals surface area contributed by atoms with Gasteiger partial charge in [0.2, 0.25) is 10.0 Å². The van der Waals surface area contributed by atoms with Crippen molar-refractivity contribution in [1.29, 1.82) is 0 Å². The summed E-state index contributed by atoms with van der Waals surface area (Å²) in [5, 5.41) is 12.2. The van der Waals surface area contributed by atoms with Crippen LogP contribution in [0, 0.1) is 11.8 Å². The molecule has 1 unspecified atom stereocenters. The number of aliphatic hydroxyl groups excluding tert-OH is 1. The SMILES string of the molecule is COc1ccc(S(=O)(=O)N(CC[C@H](Cc2ccc(C=O)cc2)NC(=O)OC2COC[C@H]2CCO)CC(C)C)cc1. The van der Waals surface area contributed by atoms with Gasteiger partial charge in [0.1, 0.15) is 18.1 Å². The highest BCUT2D eigenvalue weighted by Crippen LogP contribution is 2.23. The third-order valence-electron chi connectivity index (χ3n) is 6.81. The monoisotopic (exact) mass is 576 g/mol. The number of alkyl carbamates (subject to hydrolysis) is 1. The Bertz CT molecular complexity index is 1190. The number of aldehydes is 1. The number of amides is 1. The molecule has 1 saturated heterocycles. The van der Waals surface area contributed by atoms with Crippen molar-refractivity contribution in [2.45, 2.75) is 50.2 Å². The summed E-state index contributed by atoms with van der Waals surface area (Å²) in [7, 11) is -2.29. The predicted molar refractivity (Wildman–Crippen MR) is 150 cm³/mol. The fraction of sp³-hybridized carbons (Fsp3) is 0.517. The van der Waals surface area contributed by atoms with Gasteiger partial charge in [0.05, 0.1) is 25.2 Å². The second kappa shape index (κ2) is 15.1. The fourth-order valence-corrected chi connectivity index (χ4v) is 6.26. The molecule has 0 aromatic heterocycles. The van der Waals surface area contributed by atoms with Crippen molar-refractivity contribution in [3.8, 4) is 5.75 Å². The minimum Gasteiger partial charge on any atom is -0.497 e. The molecule has 0 spiro atoms. The summed E-state index contributed by atoms with van der Waals surface area (Å²) in [4.78, 5) is 24.1. The molecule has 2 aromatic rings. The van der Waals surface area contributed by atoms with Crippen LogP contribution < -0.4 is 10.1 Å². The molecule has 3 atom stereocenters. The molecule has 1 aliphatic rings.